The number of quaternary nitrogens is 1. The highest BCUT2D eigenvalue weighted by Crippen LogP contribution is 2.33. The number of aliphatic imine (C=N–C) groups is 1. The zero-order chi connectivity index (χ0) is 14.6. The van der Waals surface area contributed by atoms with Gasteiger partial charge < -0.3 is 5.11 Å². The molecule has 1 aromatic carbocycles. The number of rotatable bonds is 0. The van der Waals surface area contributed by atoms with Gasteiger partial charge >= 0.3 is 6.09 Å². The van der Waals surface area contributed by atoms with Crippen molar-refractivity contribution in [2.45, 2.75) is 13.5 Å². The number of amides is 1. The van der Waals surface area contributed by atoms with Crippen molar-refractivity contribution >= 4 is 11.9 Å². The molecule has 0 bridgehead atoms. The number of hydrogen-bond donors (Lipinski definition) is 1. The molecule has 6 nitrogen and oxygen atoms in total. The Morgan fingerprint density at radius 1 is 1.43 bits per heavy atom. The Bertz CT molecular complexity index is 834. The van der Waals surface area contributed by atoms with E-state index in [1.807, 2.05) is 29.7 Å². The molecule has 1 N–H and O–H groups in total. The van der Waals surface area contributed by atoms with Crippen LogP contribution in [-0.2, 0) is 6.54 Å². The SMILES string of the molecule is Cc1ccc2c(c1)-n1cncc1C[N+]1(C(=O)O)C=CN=C21. The van der Waals surface area contributed by atoms with Crippen molar-refractivity contribution in [1.82, 2.24) is 9.55 Å². The first-order valence-corrected chi connectivity index (χ1v) is 6.62. The van der Waals surface area contributed by atoms with Gasteiger partial charge in [-0.25, -0.2) is 4.98 Å². The Morgan fingerprint density at radius 2 is 2.29 bits per heavy atom. The van der Waals surface area contributed by atoms with Gasteiger partial charge in [0.25, 0.3) is 5.84 Å². The fourth-order valence-corrected chi connectivity index (χ4v) is 2.97. The molecule has 6 heteroatoms. The molecule has 1 atom stereocenters. The summed E-state index contributed by atoms with van der Waals surface area (Å²) in [7, 11) is 0. The largest absolute Gasteiger partial charge is 0.525 e. The summed E-state index contributed by atoms with van der Waals surface area (Å²) in [5.74, 6) is 0.543. The summed E-state index contributed by atoms with van der Waals surface area (Å²) < 4.78 is 1.63. The molecule has 0 radical (unpaired) electrons. The standard InChI is InChI=1S/C15H12N4O2/c1-10-2-3-12-13(6-10)18-9-16-7-11(18)8-19(15(20)21)5-4-17-14(12)19/h2-7,9H,8H2,1H3/p+1. The Morgan fingerprint density at radius 3 is 3.10 bits per heavy atom. The van der Waals surface area contributed by atoms with Crippen molar-refractivity contribution in [3.8, 4) is 5.69 Å². The smallest absolute Gasteiger partial charge is 0.435 e. The number of fused-ring (bicyclic) bond motifs is 5. The molecule has 2 aliphatic rings. The summed E-state index contributed by atoms with van der Waals surface area (Å²) >= 11 is 0. The number of aromatic nitrogens is 2. The van der Waals surface area contributed by atoms with Crippen molar-refractivity contribution in [1.29, 1.82) is 0 Å². The van der Waals surface area contributed by atoms with Gasteiger partial charge in [-0.3, -0.25) is 4.57 Å². The second-order valence-electron chi connectivity index (χ2n) is 5.34. The number of aryl methyl sites for hydroxylation is 1. The highest BCUT2D eigenvalue weighted by molar-refractivity contribution is 6.03. The average molecular weight is 281 g/mol. The molecule has 0 spiro atoms. The van der Waals surface area contributed by atoms with E-state index in [0.717, 1.165) is 22.5 Å². The monoisotopic (exact) mass is 281 g/mol. The van der Waals surface area contributed by atoms with Gasteiger partial charge in [-0.15, -0.1) is 4.48 Å². The second kappa shape index (κ2) is 3.89. The van der Waals surface area contributed by atoms with Gasteiger partial charge in [-0.2, -0.15) is 9.79 Å². The maximum Gasteiger partial charge on any atom is 0.525 e. The molecule has 3 heterocycles. The third-order valence-electron chi connectivity index (χ3n) is 4.02. The number of hydrogen-bond acceptors (Lipinski definition) is 3. The van der Waals surface area contributed by atoms with E-state index in [4.69, 9.17) is 0 Å². The molecule has 4 rings (SSSR count). The van der Waals surface area contributed by atoms with Crippen molar-refractivity contribution in [3.63, 3.8) is 0 Å². The zero-order valence-electron chi connectivity index (χ0n) is 11.4. The van der Waals surface area contributed by atoms with Crippen LogP contribution in [0.5, 0.6) is 0 Å². The van der Waals surface area contributed by atoms with Crippen LogP contribution in [0.15, 0.2) is 48.1 Å². The second-order valence-corrected chi connectivity index (χ2v) is 5.34. The Balaban J connectivity index is 2.09. The fraction of sp³-hybridized carbons (Fsp3) is 0.133. The predicted molar refractivity (Wildman–Crippen MR) is 76.0 cm³/mol. The average Bonchev–Trinajstić information content (AvgIpc) is 3.05. The van der Waals surface area contributed by atoms with Crippen LogP contribution in [0.4, 0.5) is 4.79 Å². The lowest BCUT2D eigenvalue weighted by Crippen LogP contribution is -2.49. The van der Waals surface area contributed by atoms with Gasteiger partial charge in [-0.1, -0.05) is 6.07 Å². The zero-order valence-corrected chi connectivity index (χ0v) is 11.4. The summed E-state index contributed by atoms with van der Waals surface area (Å²) in [6.07, 6.45) is 5.68. The van der Waals surface area contributed by atoms with E-state index < -0.39 is 6.09 Å². The van der Waals surface area contributed by atoms with E-state index in [1.165, 1.54) is 0 Å². The van der Waals surface area contributed by atoms with Crippen molar-refractivity contribution in [2.75, 3.05) is 0 Å². The Labute approximate surface area is 120 Å². The molecular weight excluding hydrogens is 268 g/mol. The van der Waals surface area contributed by atoms with Crippen LogP contribution >= 0.6 is 0 Å². The maximum absolute atomic E-state index is 11.9. The fourth-order valence-electron chi connectivity index (χ4n) is 2.97. The lowest BCUT2D eigenvalue weighted by Gasteiger charge is -2.23. The van der Waals surface area contributed by atoms with Gasteiger partial charge in [0.2, 0.25) is 0 Å². The van der Waals surface area contributed by atoms with Crippen LogP contribution in [-0.4, -0.2) is 31.1 Å². The van der Waals surface area contributed by atoms with Gasteiger partial charge in [0.15, 0.2) is 0 Å². The summed E-state index contributed by atoms with van der Waals surface area (Å²) in [4.78, 5) is 20.4. The first-order chi connectivity index (χ1) is 10.1. The number of nitrogens with zero attached hydrogens (tertiary/aromatic N) is 4. The molecular formula is C15H13N4O2+. The van der Waals surface area contributed by atoms with Crippen LogP contribution < -0.4 is 0 Å². The molecule has 0 saturated carbocycles. The minimum Gasteiger partial charge on any atom is -0.435 e. The van der Waals surface area contributed by atoms with E-state index in [0.29, 0.717) is 12.4 Å². The molecule has 1 amide bonds. The third kappa shape index (κ3) is 1.47. The molecule has 1 unspecified atom stereocenters. The number of benzene rings is 1. The minimum atomic E-state index is -0.941. The molecule has 0 fully saturated rings. The first kappa shape index (κ1) is 12.0. The maximum atomic E-state index is 11.9. The number of amidine groups is 1. The van der Waals surface area contributed by atoms with Gasteiger partial charge in [0, 0.05) is 0 Å². The molecule has 2 aliphatic heterocycles. The quantitative estimate of drug-likeness (QED) is 0.754. The van der Waals surface area contributed by atoms with E-state index in [9.17, 15) is 9.90 Å². The van der Waals surface area contributed by atoms with Crippen LogP contribution in [0.25, 0.3) is 5.69 Å². The first-order valence-electron chi connectivity index (χ1n) is 6.62. The van der Waals surface area contributed by atoms with Crippen molar-refractivity contribution < 1.29 is 14.4 Å². The highest BCUT2D eigenvalue weighted by atomic mass is 16.4. The lowest BCUT2D eigenvalue weighted by molar-refractivity contribution is -0.722. The van der Waals surface area contributed by atoms with E-state index in [1.54, 1.807) is 24.9 Å². The van der Waals surface area contributed by atoms with Gasteiger partial charge in [-0.05, 0) is 24.6 Å². The number of carboxylic acid groups (broad SMARTS) is 1. The van der Waals surface area contributed by atoms with Gasteiger partial charge in [0.05, 0.1) is 35.7 Å². The predicted octanol–water partition coefficient (Wildman–Crippen LogP) is 2.42. The van der Waals surface area contributed by atoms with Crippen LogP contribution in [0.3, 0.4) is 0 Å². The molecule has 21 heavy (non-hydrogen) atoms. The van der Waals surface area contributed by atoms with Crippen molar-refractivity contribution in [3.05, 3.63) is 59.9 Å². The molecule has 2 aromatic rings. The van der Waals surface area contributed by atoms with Crippen LogP contribution in [0, 0.1) is 6.92 Å². The lowest BCUT2D eigenvalue weighted by atomic mass is 10.1. The highest BCUT2D eigenvalue weighted by Gasteiger charge is 2.48. The van der Waals surface area contributed by atoms with Crippen LogP contribution in [0.1, 0.15) is 16.8 Å². The summed E-state index contributed by atoms with van der Waals surface area (Å²) in [6, 6.07) is 5.93. The minimum absolute atomic E-state index is 0.290. The summed E-state index contributed by atoms with van der Waals surface area (Å²) in [5.41, 5.74) is 3.70. The molecule has 1 aromatic heterocycles. The third-order valence-corrected chi connectivity index (χ3v) is 4.02. The van der Waals surface area contributed by atoms with E-state index in [2.05, 4.69) is 9.98 Å². The molecule has 104 valence electrons. The van der Waals surface area contributed by atoms with Crippen LogP contribution in [0.2, 0.25) is 0 Å². The number of carbonyl (C=O) groups is 1. The van der Waals surface area contributed by atoms with Gasteiger partial charge in [0.1, 0.15) is 12.7 Å². The topological polar surface area (TPSA) is 67.5 Å². The number of imidazole rings is 1. The summed E-state index contributed by atoms with van der Waals surface area (Å²) in [5, 5.41) is 9.78. The molecule has 0 aliphatic carbocycles. The normalized spacial score (nSPS) is 22.0. The molecule has 0 saturated heterocycles. The van der Waals surface area contributed by atoms with E-state index >= 15 is 0 Å². The van der Waals surface area contributed by atoms with Crippen molar-refractivity contribution in [2.24, 2.45) is 4.99 Å². The van der Waals surface area contributed by atoms with E-state index in [-0.39, 0.29) is 4.48 Å². The Hall–Kier alpha value is -2.73. The summed E-state index contributed by atoms with van der Waals surface area (Å²) in [6.45, 7) is 2.30. The Kier molecular flexibility index (Phi) is 2.23.